The number of hydrogen-bond acceptors (Lipinski definition) is 4. The Morgan fingerprint density at radius 3 is 2.94 bits per heavy atom. The van der Waals surface area contributed by atoms with E-state index in [0.29, 0.717) is 15.8 Å². The molecule has 1 aromatic carbocycles. The topological polar surface area (TPSA) is 74.9 Å². The van der Waals surface area contributed by atoms with Crippen LogP contribution in [-0.2, 0) is 6.61 Å². The third-order valence-corrected chi connectivity index (χ3v) is 3.79. The van der Waals surface area contributed by atoms with Crippen molar-refractivity contribution in [1.82, 2.24) is 9.97 Å². The molecule has 3 rings (SSSR count). The summed E-state index contributed by atoms with van der Waals surface area (Å²) in [5.74, 6) is 0. The zero-order valence-electron chi connectivity index (χ0n) is 9.27. The largest absolute Gasteiger partial charge is 0.390 e. The molecule has 2 heterocycles. The number of anilines is 1. The van der Waals surface area contributed by atoms with Gasteiger partial charge in [-0.05, 0) is 6.07 Å². The van der Waals surface area contributed by atoms with Crippen LogP contribution in [0.2, 0.25) is 5.02 Å². The summed E-state index contributed by atoms with van der Waals surface area (Å²) in [6, 6.07) is 5.63. The first-order chi connectivity index (χ1) is 8.70. The van der Waals surface area contributed by atoms with E-state index in [4.69, 9.17) is 17.3 Å². The molecule has 0 saturated heterocycles. The number of nitrogen functional groups attached to an aromatic ring is 1. The van der Waals surface area contributed by atoms with Crippen molar-refractivity contribution in [2.75, 3.05) is 5.73 Å². The average Bonchev–Trinajstić information content (AvgIpc) is 2.93. The van der Waals surface area contributed by atoms with E-state index in [1.54, 1.807) is 6.07 Å². The Balaban J connectivity index is 2.36. The third-order valence-electron chi connectivity index (χ3n) is 2.80. The van der Waals surface area contributed by atoms with Crippen LogP contribution < -0.4 is 5.73 Å². The molecule has 0 atom stereocenters. The van der Waals surface area contributed by atoms with Gasteiger partial charge in [-0.2, -0.15) is 0 Å². The predicted molar refractivity (Wildman–Crippen MR) is 74.8 cm³/mol. The summed E-state index contributed by atoms with van der Waals surface area (Å²) >= 11 is 7.51. The van der Waals surface area contributed by atoms with Crippen molar-refractivity contribution < 1.29 is 5.11 Å². The van der Waals surface area contributed by atoms with Gasteiger partial charge in [-0.3, -0.25) is 0 Å². The number of hydrogen-bond donors (Lipinski definition) is 3. The van der Waals surface area contributed by atoms with Gasteiger partial charge in [0.25, 0.3) is 0 Å². The van der Waals surface area contributed by atoms with Crippen LogP contribution in [0.5, 0.6) is 0 Å². The highest BCUT2D eigenvalue weighted by Crippen LogP contribution is 2.36. The number of aliphatic hydroxyl groups is 1. The summed E-state index contributed by atoms with van der Waals surface area (Å²) in [5.41, 5.74) is 8.79. The van der Waals surface area contributed by atoms with Crippen LogP contribution in [0, 0.1) is 0 Å². The highest BCUT2D eigenvalue weighted by molar-refractivity contribution is 7.13. The molecule has 0 radical (unpaired) electrons. The van der Waals surface area contributed by atoms with Crippen LogP contribution in [0.4, 0.5) is 5.13 Å². The molecule has 3 aromatic rings. The lowest BCUT2D eigenvalue weighted by Gasteiger charge is -1.98. The van der Waals surface area contributed by atoms with Gasteiger partial charge in [0.2, 0.25) is 0 Å². The second-order valence-corrected chi connectivity index (χ2v) is 5.17. The standard InChI is InChI=1S/C12H10ClN3OS/c13-7-3-1-2-6-10(8(4-17)15-11(6)7)9-5-18-12(14)16-9/h1-3,5,15,17H,4H2,(H2,14,16). The summed E-state index contributed by atoms with van der Waals surface area (Å²) in [7, 11) is 0. The van der Waals surface area contributed by atoms with E-state index in [0.717, 1.165) is 22.2 Å². The highest BCUT2D eigenvalue weighted by atomic mass is 35.5. The Morgan fingerprint density at radius 1 is 1.44 bits per heavy atom. The molecule has 4 nitrogen and oxygen atoms in total. The zero-order chi connectivity index (χ0) is 12.7. The summed E-state index contributed by atoms with van der Waals surface area (Å²) in [5, 5.41) is 13.4. The van der Waals surface area contributed by atoms with Gasteiger partial charge in [-0.15, -0.1) is 11.3 Å². The molecule has 0 aliphatic carbocycles. The maximum Gasteiger partial charge on any atom is 0.180 e. The molecule has 18 heavy (non-hydrogen) atoms. The number of benzene rings is 1. The summed E-state index contributed by atoms with van der Waals surface area (Å²) < 4.78 is 0. The van der Waals surface area contributed by atoms with E-state index in [9.17, 15) is 5.11 Å². The van der Waals surface area contributed by atoms with Gasteiger partial charge in [0.1, 0.15) is 0 Å². The van der Waals surface area contributed by atoms with Crippen molar-refractivity contribution >= 4 is 39.0 Å². The fraction of sp³-hybridized carbons (Fsp3) is 0.0833. The van der Waals surface area contributed by atoms with E-state index in [1.165, 1.54) is 11.3 Å². The number of fused-ring (bicyclic) bond motifs is 1. The summed E-state index contributed by atoms with van der Waals surface area (Å²) in [4.78, 5) is 7.40. The van der Waals surface area contributed by atoms with Crippen molar-refractivity contribution in [2.45, 2.75) is 6.61 Å². The van der Waals surface area contributed by atoms with Crippen LogP contribution in [0.3, 0.4) is 0 Å². The van der Waals surface area contributed by atoms with E-state index in [-0.39, 0.29) is 6.61 Å². The van der Waals surface area contributed by atoms with Gasteiger partial charge in [-0.25, -0.2) is 4.98 Å². The van der Waals surface area contributed by atoms with Gasteiger partial charge in [0, 0.05) is 16.3 Å². The number of nitrogens with two attached hydrogens (primary N) is 1. The second kappa shape index (κ2) is 4.28. The lowest BCUT2D eigenvalue weighted by Crippen LogP contribution is -1.88. The number of aliphatic hydroxyl groups excluding tert-OH is 1. The second-order valence-electron chi connectivity index (χ2n) is 3.87. The Kier molecular flexibility index (Phi) is 2.74. The van der Waals surface area contributed by atoms with Crippen LogP contribution in [0.25, 0.3) is 22.2 Å². The van der Waals surface area contributed by atoms with Crippen LogP contribution in [-0.4, -0.2) is 15.1 Å². The molecule has 0 aliphatic rings. The molecule has 6 heteroatoms. The first-order valence-electron chi connectivity index (χ1n) is 5.32. The van der Waals surface area contributed by atoms with Gasteiger partial charge in [0.15, 0.2) is 5.13 Å². The third kappa shape index (κ3) is 1.68. The highest BCUT2D eigenvalue weighted by Gasteiger charge is 2.16. The Hall–Kier alpha value is -1.56. The lowest BCUT2D eigenvalue weighted by molar-refractivity contribution is 0.278. The molecular formula is C12H10ClN3OS. The van der Waals surface area contributed by atoms with Crippen LogP contribution in [0.15, 0.2) is 23.6 Å². The number of H-pyrrole nitrogens is 1. The van der Waals surface area contributed by atoms with Gasteiger partial charge < -0.3 is 15.8 Å². The number of halogens is 1. The minimum absolute atomic E-state index is 0.0994. The summed E-state index contributed by atoms with van der Waals surface area (Å²) in [6.07, 6.45) is 0. The van der Waals surface area contributed by atoms with Crippen molar-refractivity contribution in [2.24, 2.45) is 0 Å². The fourth-order valence-electron chi connectivity index (χ4n) is 2.05. The molecule has 0 saturated carbocycles. The zero-order valence-corrected chi connectivity index (χ0v) is 10.8. The van der Waals surface area contributed by atoms with Gasteiger partial charge in [-0.1, -0.05) is 23.7 Å². The molecule has 0 spiro atoms. The van der Waals surface area contributed by atoms with E-state index < -0.39 is 0 Å². The van der Waals surface area contributed by atoms with Crippen molar-refractivity contribution in [1.29, 1.82) is 0 Å². The van der Waals surface area contributed by atoms with Crippen LogP contribution >= 0.6 is 22.9 Å². The summed E-state index contributed by atoms with van der Waals surface area (Å²) in [6.45, 7) is -0.0994. The van der Waals surface area contributed by atoms with Gasteiger partial charge in [0.05, 0.1) is 28.5 Å². The molecule has 2 aromatic heterocycles. The Bertz CT molecular complexity index is 719. The number of aromatic amines is 1. The first-order valence-corrected chi connectivity index (χ1v) is 6.57. The number of nitrogens with one attached hydrogen (secondary N) is 1. The maximum absolute atomic E-state index is 9.45. The van der Waals surface area contributed by atoms with Crippen LogP contribution in [0.1, 0.15) is 5.69 Å². The average molecular weight is 280 g/mol. The molecule has 4 N–H and O–H groups in total. The molecule has 0 amide bonds. The SMILES string of the molecule is Nc1nc(-c2c(CO)[nH]c3c(Cl)cccc23)cs1. The fourth-order valence-corrected chi connectivity index (χ4v) is 2.82. The quantitative estimate of drug-likeness (QED) is 0.675. The van der Waals surface area contributed by atoms with Crippen molar-refractivity contribution in [3.8, 4) is 11.3 Å². The monoisotopic (exact) mass is 279 g/mol. The number of rotatable bonds is 2. The first kappa shape index (κ1) is 11.5. The van der Waals surface area contributed by atoms with E-state index in [1.807, 2.05) is 17.5 Å². The smallest absolute Gasteiger partial charge is 0.180 e. The molecule has 0 aliphatic heterocycles. The number of nitrogens with zero attached hydrogens (tertiary/aromatic N) is 1. The van der Waals surface area contributed by atoms with E-state index >= 15 is 0 Å². The maximum atomic E-state index is 9.45. The normalized spacial score (nSPS) is 11.2. The lowest BCUT2D eigenvalue weighted by atomic mass is 10.1. The number of aromatic nitrogens is 2. The molecule has 0 unspecified atom stereocenters. The van der Waals surface area contributed by atoms with Gasteiger partial charge >= 0.3 is 0 Å². The van der Waals surface area contributed by atoms with E-state index in [2.05, 4.69) is 9.97 Å². The number of thiazole rings is 1. The minimum atomic E-state index is -0.0994. The van der Waals surface area contributed by atoms with Crippen molar-refractivity contribution in [3.05, 3.63) is 34.3 Å². The number of para-hydroxylation sites is 1. The predicted octanol–water partition coefficient (Wildman–Crippen LogP) is 3.02. The minimum Gasteiger partial charge on any atom is -0.390 e. The Labute approximate surface area is 112 Å². The molecule has 0 fully saturated rings. The molecule has 92 valence electrons. The molecular weight excluding hydrogens is 270 g/mol. The van der Waals surface area contributed by atoms with Crippen molar-refractivity contribution in [3.63, 3.8) is 0 Å². The molecule has 0 bridgehead atoms. The Morgan fingerprint density at radius 2 is 2.28 bits per heavy atom.